The van der Waals surface area contributed by atoms with Crippen LogP contribution in [0.2, 0.25) is 0 Å². The molecule has 1 aliphatic heterocycles. The van der Waals surface area contributed by atoms with Crippen molar-refractivity contribution in [3.8, 4) is 0 Å². The van der Waals surface area contributed by atoms with Crippen molar-refractivity contribution in [3.05, 3.63) is 30.0 Å². The molecule has 1 aliphatic rings. The molecule has 3 rings (SSSR count). The molecule has 5 nitrogen and oxygen atoms in total. The van der Waals surface area contributed by atoms with Gasteiger partial charge in [-0.15, -0.1) is 0 Å². The Labute approximate surface area is 123 Å². The van der Waals surface area contributed by atoms with Gasteiger partial charge in [0.2, 0.25) is 0 Å². The van der Waals surface area contributed by atoms with E-state index in [2.05, 4.69) is 4.98 Å². The average molecular weight is 287 g/mol. The minimum Gasteiger partial charge on any atom is -0.399 e. The van der Waals surface area contributed by atoms with Crippen LogP contribution in [0.15, 0.2) is 24.4 Å². The summed E-state index contributed by atoms with van der Waals surface area (Å²) < 4.78 is 0. The molecule has 2 aromatic rings. The lowest BCUT2D eigenvalue weighted by molar-refractivity contribution is 0.0523. The molecule has 0 spiro atoms. The summed E-state index contributed by atoms with van der Waals surface area (Å²) in [5.74, 6) is 0.354. The van der Waals surface area contributed by atoms with Gasteiger partial charge in [-0.05, 0) is 43.9 Å². The third-order valence-electron chi connectivity index (χ3n) is 4.45. The van der Waals surface area contributed by atoms with Gasteiger partial charge in [0.05, 0.1) is 11.7 Å². The minimum atomic E-state index is -0.293. The fourth-order valence-corrected chi connectivity index (χ4v) is 3.08. The van der Waals surface area contributed by atoms with Crippen LogP contribution < -0.4 is 5.73 Å². The van der Waals surface area contributed by atoms with Crippen LogP contribution in [0.25, 0.3) is 10.9 Å². The number of benzene rings is 1. The Bertz CT molecular complexity index is 655. The number of anilines is 1. The molecule has 0 aliphatic carbocycles. The van der Waals surface area contributed by atoms with Crippen molar-refractivity contribution < 1.29 is 9.90 Å². The number of piperidine rings is 1. The number of aromatic nitrogens is 1. The van der Waals surface area contributed by atoms with Crippen molar-refractivity contribution in [1.82, 2.24) is 9.88 Å². The van der Waals surface area contributed by atoms with E-state index in [4.69, 9.17) is 5.73 Å². The largest absolute Gasteiger partial charge is 0.399 e. The lowest BCUT2D eigenvalue weighted by atomic mass is 9.92. The fraction of sp³-hybridized carbons (Fsp3) is 0.438. The second-order valence-electron chi connectivity index (χ2n) is 5.88. The van der Waals surface area contributed by atoms with Crippen molar-refractivity contribution in [2.24, 2.45) is 5.92 Å². The smallest absolute Gasteiger partial charge is 0.256 e. The number of rotatable bonds is 2. The van der Waals surface area contributed by atoms with E-state index in [1.54, 1.807) is 6.20 Å². The molecule has 0 bridgehead atoms. The molecule has 1 aromatic carbocycles. The number of H-pyrrole nitrogens is 1. The highest BCUT2D eigenvalue weighted by molar-refractivity contribution is 6.07. The number of carbonyl (C=O) groups excluding carboxylic acids is 1. The summed E-state index contributed by atoms with van der Waals surface area (Å²) in [4.78, 5) is 17.6. The van der Waals surface area contributed by atoms with Crippen LogP contribution in [-0.2, 0) is 0 Å². The quantitative estimate of drug-likeness (QED) is 0.739. The minimum absolute atomic E-state index is 0.0510. The number of aliphatic hydroxyl groups is 1. The van der Waals surface area contributed by atoms with Crippen molar-refractivity contribution in [3.63, 3.8) is 0 Å². The highest BCUT2D eigenvalue weighted by Crippen LogP contribution is 2.25. The number of nitrogens with zero attached hydrogens (tertiary/aromatic N) is 1. The first kappa shape index (κ1) is 13.9. The van der Waals surface area contributed by atoms with E-state index in [0.29, 0.717) is 30.3 Å². The molecule has 4 N–H and O–H groups in total. The number of likely N-dealkylation sites (tertiary alicyclic amines) is 1. The zero-order valence-corrected chi connectivity index (χ0v) is 12.2. The molecule has 1 unspecified atom stereocenters. The maximum Gasteiger partial charge on any atom is 0.256 e. The molecule has 5 heteroatoms. The first-order valence-corrected chi connectivity index (χ1v) is 7.40. The Morgan fingerprint density at radius 1 is 1.43 bits per heavy atom. The van der Waals surface area contributed by atoms with Crippen LogP contribution in [0.1, 0.15) is 30.1 Å². The molecule has 112 valence electrons. The van der Waals surface area contributed by atoms with Gasteiger partial charge in [-0.1, -0.05) is 0 Å². The van der Waals surface area contributed by atoms with Crippen molar-refractivity contribution in [2.75, 3.05) is 18.8 Å². The van der Waals surface area contributed by atoms with Crippen LogP contribution in [-0.4, -0.2) is 40.1 Å². The molecule has 1 amide bonds. The first-order valence-electron chi connectivity index (χ1n) is 7.40. The lowest BCUT2D eigenvalue weighted by Gasteiger charge is -2.33. The number of carbonyl (C=O) groups is 1. The van der Waals surface area contributed by atoms with Crippen LogP contribution in [0, 0.1) is 5.92 Å². The zero-order valence-electron chi connectivity index (χ0n) is 12.2. The number of aromatic amines is 1. The number of nitrogens with one attached hydrogen (secondary N) is 1. The summed E-state index contributed by atoms with van der Waals surface area (Å²) >= 11 is 0. The van der Waals surface area contributed by atoms with Gasteiger partial charge in [-0.25, -0.2) is 0 Å². The van der Waals surface area contributed by atoms with Crippen LogP contribution in [0.4, 0.5) is 5.69 Å². The number of nitrogen functional groups attached to an aromatic ring is 1. The van der Waals surface area contributed by atoms with Gasteiger partial charge in [0, 0.05) is 35.9 Å². The molecule has 0 radical (unpaired) electrons. The predicted molar refractivity (Wildman–Crippen MR) is 83.0 cm³/mol. The Morgan fingerprint density at radius 2 is 2.14 bits per heavy atom. The Hall–Kier alpha value is -2.01. The predicted octanol–water partition coefficient (Wildman–Crippen LogP) is 1.98. The van der Waals surface area contributed by atoms with Crippen LogP contribution in [0.5, 0.6) is 0 Å². The summed E-state index contributed by atoms with van der Waals surface area (Å²) in [6.45, 7) is 3.23. The molecule has 21 heavy (non-hydrogen) atoms. The van der Waals surface area contributed by atoms with Gasteiger partial charge in [-0.2, -0.15) is 0 Å². The van der Waals surface area contributed by atoms with E-state index >= 15 is 0 Å². The Kier molecular flexibility index (Phi) is 3.59. The Morgan fingerprint density at radius 3 is 2.81 bits per heavy atom. The summed E-state index contributed by atoms with van der Waals surface area (Å²) in [5.41, 5.74) is 8.02. The third kappa shape index (κ3) is 2.61. The number of hydrogen-bond donors (Lipinski definition) is 3. The standard InChI is InChI=1S/C16H21N3O2/c1-10(20)11-4-6-19(7-5-11)16(21)14-9-18-15-8-12(17)2-3-13(14)15/h2-3,8-11,18,20H,4-7,17H2,1H3. The SMILES string of the molecule is CC(O)C1CCN(C(=O)c2c[nH]c3cc(N)ccc23)CC1. The summed E-state index contributed by atoms with van der Waals surface area (Å²) in [6, 6.07) is 5.54. The Balaban J connectivity index is 1.79. The summed E-state index contributed by atoms with van der Waals surface area (Å²) in [7, 11) is 0. The van der Waals surface area contributed by atoms with E-state index < -0.39 is 0 Å². The van der Waals surface area contributed by atoms with E-state index in [1.165, 1.54) is 0 Å². The second kappa shape index (κ2) is 5.41. The zero-order chi connectivity index (χ0) is 15.0. The van der Waals surface area contributed by atoms with Gasteiger partial charge in [0.1, 0.15) is 0 Å². The van der Waals surface area contributed by atoms with Crippen LogP contribution >= 0.6 is 0 Å². The molecule has 1 fully saturated rings. The van der Waals surface area contributed by atoms with E-state index in [-0.39, 0.29) is 12.0 Å². The fourth-order valence-electron chi connectivity index (χ4n) is 3.08. The van der Waals surface area contributed by atoms with Crippen molar-refractivity contribution in [1.29, 1.82) is 0 Å². The second-order valence-corrected chi connectivity index (χ2v) is 5.88. The molecule has 2 heterocycles. The third-order valence-corrected chi connectivity index (χ3v) is 4.45. The lowest BCUT2D eigenvalue weighted by Crippen LogP contribution is -2.40. The van der Waals surface area contributed by atoms with E-state index in [9.17, 15) is 9.90 Å². The number of nitrogens with two attached hydrogens (primary N) is 1. The number of fused-ring (bicyclic) bond motifs is 1. The number of aliphatic hydroxyl groups excluding tert-OH is 1. The van der Waals surface area contributed by atoms with Crippen LogP contribution in [0.3, 0.4) is 0 Å². The van der Waals surface area contributed by atoms with Gasteiger partial charge < -0.3 is 20.7 Å². The maximum atomic E-state index is 12.6. The van der Waals surface area contributed by atoms with E-state index in [1.807, 2.05) is 30.0 Å². The molecular formula is C16H21N3O2. The molecule has 1 saturated heterocycles. The number of hydrogen-bond acceptors (Lipinski definition) is 3. The molecule has 1 aromatic heterocycles. The van der Waals surface area contributed by atoms with E-state index in [0.717, 1.165) is 23.7 Å². The van der Waals surface area contributed by atoms with Gasteiger partial charge in [0.25, 0.3) is 5.91 Å². The molecular weight excluding hydrogens is 266 g/mol. The normalized spacial score (nSPS) is 18.1. The molecule has 1 atom stereocenters. The topological polar surface area (TPSA) is 82.3 Å². The first-order chi connectivity index (χ1) is 10.1. The van der Waals surface area contributed by atoms with Crippen molar-refractivity contribution in [2.45, 2.75) is 25.9 Å². The number of amides is 1. The highest BCUT2D eigenvalue weighted by atomic mass is 16.3. The molecule has 0 saturated carbocycles. The summed E-state index contributed by atoms with van der Waals surface area (Å²) in [6.07, 6.45) is 3.18. The van der Waals surface area contributed by atoms with Gasteiger partial charge in [0.15, 0.2) is 0 Å². The van der Waals surface area contributed by atoms with Gasteiger partial charge in [-0.3, -0.25) is 4.79 Å². The maximum absolute atomic E-state index is 12.6. The highest BCUT2D eigenvalue weighted by Gasteiger charge is 2.27. The average Bonchev–Trinajstić information content (AvgIpc) is 2.89. The van der Waals surface area contributed by atoms with Gasteiger partial charge >= 0.3 is 0 Å². The summed E-state index contributed by atoms with van der Waals surface area (Å²) in [5, 5.41) is 10.5. The van der Waals surface area contributed by atoms with Crippen molar-refractivity contribution >= 4 is 22.5 Å². The monoisotopic (exact) mass is 287 g/mol.